The van der Waals surface area contributed by atoms with Crippen LogP contribution in [0.15, 0.2) is 18.2 Å². The number of nitrogens with two attached hydrogens (primary N) is 2. The number of aliphatic hydroxyl groups excluding tert-OH is 1. The number of hydrogen-bond donors (Lipinski definition) is 3. The van der Waals surface area contributed by atoms with Crippen molar-refractivity contribution in [2.45, 2.75) is 25.0 Å². The molecule has 0 saturated heterocycles. The van der Waals surface area contributed by atoms with E-state index in [0.717, 1.165) is 24.0 Å². The van der Waals surface area contributed by atoms with Crippen LogP contribution in [0, 0.1) is 0 Å². The van der Waals surface area contributed by atoms with Gasteiger partial charge in [-0.1, -0.05) is 6.07 Å². The highest BCUT2D eigenvalue weighted by molar-refractivity contribution is 5.48. The van der Waals surface area contributed by atoms with Crippen LogP contribution < -0.4 is 11.5 Å². The van der Waals surface area contributed by atoms with E-state index in [1.165, 1.54) is 0 Å². The molecule has 1 aromatic carbocycles. The molecular formula is C10H14N2O. The maximum atomic E-state index is 9.12. The molecular weight excluding hydrogens is 164 g/mol. The van der Waals surface area contributed by atoms with Gasteiger partial charge in [0.15, 0.2) is 0 Å². The fourth-order valence-corrected chi connectivity index (χ4v) is 1.63. The third kappa shape index (κ3) is 1.41. The predicted molar refractivity (Wildman–Crippen MR) is 51.9 cm³/mol. The van der Waals surface area contributed by atoms with E-state index < -0.39 is 0 Å². The summed E-state index contributed by atoms with van der Waals surface area (Å²) in [7, 11) is 0. The summed E-state index contributed by atoms with van der Waals surface area (Å²) < 4.78 is 0. The Hall–Kier alpha value is -1.06. The smallest absolute Gasteiger partial charge is 0.0685 e. The summed E-state index contributed by atoms with van der Waals surface area (Å²) >= 11 is 0. The van der Waals surface area contributed by atoms with Gasteiger partial charge in [-0.05, 0) is 36.1 Å². The number of benzene rings is 1. The molecule has 0 spiro atoms. The van der Waals surface area contributed by atoms with Crippen LogP contribution in [0.2, 0.25) is 0 Å². The summed E-state index contributed by atoms with van der Waals surface area (Å²) in [5, 5.41) is 9.12. The van der Waals surface area contributed by atoms with Crippen molar-refractivity contribution in [3.63, 3.8) is 0 Å². The molecule has 0 aliphatic heterocycles. The fourth-order valence-electron chi connectivity index (χ4n) is 1.63. The molecule has 3 nitrogen and oxygen atoms in total. The van der Waals surface area contributed by atoms with Gasteiger partial charge in [0, 0.05) is 11.2 Å². The summed E-state index contributed by atoms with van der Waals surface area (Å²) in [5.74, 6) is 0. The van der Waals surface area contributed by atoms with Gasteiger partial charge in [0.05, 0.1) is 6.61 Å². The molecule has 1 aliphatic carbocycles. The maximum absolute atomic E-state index is 9.12. The highest BCUT2D eigenvalue weighted by Gasteiger charge is 2.41. The van der Waals surface area contributed by atoms with Gasteiger partial charge in [-0.2, -0.15) is 0 Å². The average Bonchev–Trinajstić information content (AvgIpc) is 2.84. The van der Waals surface area contributed by atoms with E-state index in [4.69, 9.17) is 16.6 Å². The molecule has 1 aliphatic rings. The number of aliphatic hydroxyl groups is 1. The van der Waals surface area contributed by atoms with Crippen LogP contribution in [-0.2, 0) is 12.1 Å². The summed E-state index contributed by atoms with van der Waals surface area (Å²) in [6.07, 6.45) is 2.01. The van der Waals surface area contributed by atoms with E-state index in [0.29, 0.717) is 5.69 Å². The summed E-state index contributed by atoms with van der Waals surface area (Å²) in [5.41, 5.74) is 14.1. The molecule has 0 heterocycles. The van der Waals surface area contributed by atoms with Gasteiger partial charge >= 0.3 is 0 Å². The monoisotopic (exact) mass is 178 g/mol. The Morgan fingerprint density at radius 1 is 1.38 bits per heavy atom. The zero-order valence-electron chi connectivity index (χ0n) is 7.46. The lowest BCUT2D eigenvalue weighted by molar-refractivity contribution is 0.279. The Morgan fingerprint density at radius 2 is 2.08 bits per heavy atom. The number of nitrogen functional groups attached to an aromatic ring is 1. The van der Waals surface area contributed by atoms with Crippen LogP contribution in [0.1, 0.15) is 24.0 Å². The van der Waals surface area contributed by atoms with Crippen molar-refractivity contribution >= 4 is 5.69 Å². The van der Waals surface area contributed by atoms with Crippen LogP contribution in [0.5, 0.6) is 0 Å². The minimum absolute atomic E-state index is 0.0132. The van der Waals surface area contributed by atoms with Crippen LogP contribution in [-0.4, -0.2) is 5.11 Å². The largest absolute Gasteiger partial charge is 0.399 e. The van der Waals surface area contributed by atoms with Gasteiger partial charge in [-0.25, -0.2) is 0 Å². The Kier molecular flexibility index (Phi) is 1.78. The Morgan fingerprint density at radius 3 is 2.62 bits per heavy atom. The molecule has 5 N–H and O–H groups in total. The molecule has 13 heavy (non-hydrogen) atoms. The van der Waals surface area contributed by atoms with E-state index in [2.05, 4.69) is 0 Å². The molecule has 1 aromatic rings. The zero-order chi connectivity index (χ0) is 9.47. The Balaban J connectivity index is 2.45. The van der Waals surface area contributed by atoms with Crippen molar-refractivity contribution in [2.75, 3.05) is 5.73 Å². The Bertz CT molecular complexity index is 332. The van der Waals surface area contributed by atoms with Gasteiger partial charge in [0.25, 0.3) is 0 Å². The molecule has 0 unspecified atom stereocenters. The van der Waals surface area contributed by atoms with Crippen molar-refractivity contribution in [3.8, 4) is 0 Å². The first-order chi connectivity index (χ1) is 6.15. The van der Waals surface area contributed by atoms with Crippen molar-refractivity contribution < 1.29 is 5.11 Å². The molecule has 1 fully saturated rings. The van der Waals surface area contributed by atoms with Gasteiger partial charge in [-0.3, -0.25) is 0 Å². The summed E-state index contributed by atoms with van der Waals surface area (Å²) in [6, 6.07) is 5.55. The lowest BCUT2D eigenvalue weighted by atomic mass is 9.99. The highest BCUT2D eigenvalue weighted by Crippen LogP contribution is 2.44. The van der Waals surface area contributed by atoms with Crippen LogP contribution in [0.25, 0.3) is 0 Å². The number of hydrogen-bond acceptors (Lipinski definition) is 3. The lowest BCUT2D eigenvalue weighted by Gasteiger charge is -2.14. The molecule has 0 aromatic heterocycles. The van der Waals surface area contributed by atoms with E-state index in [-0.39, 0.29) is 12.1 Å². The molecule has 0 atom stereocenters. The lowest BCUT2D eigenvalue weighted by Crippen LogP contribution is -2.20. The first-order valence-electron chi connectivity index (χ1n) is 4.44. The van der Waals surface area contributed by atoms with Crippen LogP contribution in [0.4, 0.5) is 5.69 Å². The van der Waals surface area contributed by atoms with Gasteiger partial charge < -0.3 is 16.6 Å². The minimum atomic E-state index is -0.189. The SMILES string of the molecule is Nc1ccc(C2(N)CC2)c(CO)c1. The van der Waals surface area contributed by atoms with E-state index in [9.17, 15) is 0 Å². The number of rotatable bonds is 2. The van der Waals surface area contributed by atoms with Crippen molar-refractivity contribution in [2.24, 2.45) is 5.73 Å². The van der Waals surface area contributed by atoms with Crippen molar-refractivity contribution in [3.05, 3.63) is 29.3 Å². The maximum Gasteiger partial charge on any atom is 0.0685 e. The molecule has 3 heteroatoms. The van der Waals surface area contributed by atoms with Gasteiger partial charge in [0.2, 0.25) is 0 Å². The zero-order valence-corrected chi connectivity index (χ0v) is 7.46. The second kappa shape index (κ2) is 2.72. The fraction of sp³-hybridized carbons (Fsp3) is 0.400. The molecule has 2 rings (SSSR count). The first-order valence-corrected chi connectivity index (χ1v) is 4.44. The third-order valence-electron chi connectivity index (χ3n) is 2.62. The van der Waals surface area contributed by atoms with Gasteiger partial charge in [-0.15, -0.1) is 0 Å². The van der Waals surface area contributed by atoms with E-state index >= 15 is 0 Å². The summed E-state index contributed by atoms with van der Waals surface area (Å²) in [6.45, 7) is 0.0132. The topological polar surface area (TPSA) is 72.3 Å². The standard InChI is InChI=1S/C10H14N2O/c11-8-1-2-9(7(5-8)6-13)10(12)3-4-10/h1-2,5,13H,3-4,6,11-12H2. The normalized spacial score (nSPS) is 18.6. The van der Waals surface area contributed by atoms with Gasteiger partial charge in [0.1, 0.15) is 0 Å². The Labute approximate surface area is 77.4 Å². The third-order valence-corrected chi connectivity index (χ3v) is 2.62. The first kappa shape index (κ1) is 8.53. The second-order valence-corrected chi connectivity index (χ2v) is 3.73. The van der Waals surface area contributed by atoms with E-state index in [1.807, 2.05) is 12.1 Å². The summed E-state index contributed by atoms with van der Waals surface area (Å²) in [4.78, 5) is 0. The minimum Gasteiger partial charge on any atom is -0.399 e. The van der Waals surface area contributed by atoms with Crippen LogP contribution >= 0.6 is 0 Å². The molecule has 0 radical (unpaired) electrons. The second-order valence-electron chi connectivity index (χ2n) is 3.73. The predicted octanol–water partition coefficient (Wildman–Crippen LogP) is 0.709. The van der Waals surface area contributed by atoms with Crippen molar-refractivity contribution in [1.82, 2.24) is 0 Å². The van der Waals surface area contributed by atoms with Crippen LogP contribution in [0.3, 0.4) is 0 Å². The molecule has 1 saturated carbocycles. The average molecular weight is 178 g/mol. The molecule has 0 bridgehead atoms. The molecule has 0 amide bonds. The molecule has 70 valence electrons. The highest BCUT2D eigenvalue weighted by atomic mass is 16.3. The van der Waals surface area contributed by atoms with E-state index in [1.54, 1.807) is 6.07 Å². The quantitative estimate of drug-likeness (QED) is 0.584. The van der Waals surface area contributed by atoms with Crippen molar-refractivity contribution in [1.29, 1.82) is 0 Å². The number of anilines is 1.